The first kappa shape index (κ1) is 101. The smallest absolute Gasteiger partial charge is 0.318 e. The Morgan fingerprint density at radius 1 is 0.561 bits per heavy atom. The van der Waals surface area contributed by atoms with Crippen molar-refractivity contribution in [3.8, 4) is 6.07 Å². The molecule has 0 aromatic heterocycles. The number of aliphatic carboxylic acids is 8. The molecule has 98 heavy (non-hydrogen) atoms. The van der Waals surface area contributed by atoms with Gasteiger partial charge < -0.3 is 68.7 Å². The van der Waals surface area contributed by atoms with Crippen LogP contribution in [0.1, 0.15) is 207 Å². The number of nitrogens with zero attached hydrogens (tertiary/aromatic N) is 5. The maximum Gasteiger partial charge on any atom is 0.318 e. The van der Waals surface area contributed by atoms with Gasteiger partial charge in [0.15, 0.2) is 5.92 Å². The fourth-order valence-electron chi connectivity index (χ4n) is 11.0. The summed E-state index contributed by atoms with van der Waals surface area (Å²) in [5.41, 5.74) is 23.9. The van der Waals surface area contributed by atoms with E-state index in [2.05, 4.69) is 48.4 Å². The highest BCUT2D eigenvalue weighted by molar-refractivity contribution is 5.99. The molecule has 31 heteroatoms. The third-order valence-corrected chi connectivity index (χ3v) is 14.3. The lowest BCUT2D eigenvalue weighted by molar-refractivity contribution is -0.488. The first-order valence-corrected chi connectivity index (χ1v) is 33.6. The predicted molar refractivity (Wildman–Crippen MR) is 369 cm³/mol. The Labute approximate surface area is 579 Å². The molecule has 9 unspecified atom stereocenters. The standard InChI is InChI=1S/C9H17NO4.C9H15NO3.C9H17NO3.C8H15N3O2.C8H15NO4.C8H17NO2.C8H13NO2.C8H15NO/c1-5(2)3-6(4-10)7(8(11)12)9(13)14;1-5(2)3-6-4-10-8(11)7(6)9(12)13;1-6(2)3-7(4-8(10)11)5-9(12)13;1-6(2)3-7(4-8(12)13)5-10-11-9;1-6(2)3-7(4-8(10)11)5-9(12)13;2*1-6(2)3-7(5-9)4-8(10)11;1-6(2)3-7-4-8(10)9-5-7/h5-7H,3-4,10H2,1-2H3,(H,11,12)(H,13,14);5-7H,3-4H2,1-2H3,(H,10,11)(H,12,13);6-7H,3-5H2,1-2H3,(H2,10,11)(H,12,13);6-7H,3-5H2,1-2H3,(H,12,13);6-7H,3-5H2,1-2H3,(H,10,11);6-7H,3-5,9H2,1-2H3,(H,10,11);6-7H,3-4H2,1-2H3,(H,10,11);6-7H,3-5H2,1-2H3,(H,9,10). The second-order valence-electron chi connectivity index (χ2n) is 28.5. The molecule has 2 heterocycles. The lowest BCUT2D eigenvalue weighted by Crippen LogP contribution is -2.36. The normalized spacial score (nSPS) is 16.1. The summed E-state index contributed by atoms with van der Waals surface area (Å²) in [5.74, 6) is -7.85. The summed E-state index contributed by atoms with van der Waals surface area (Å²) < 4.78 is 0. The maximum absolute atomic E-state index is 11.1. The predicted octanol–water partition coefficient (Wildman–Crippen LogP) is 9.60. The van der Waals surface area contributed by atoms with E-state index in [0.717, 1.165) is 44.6 Å². The molecule has 568 valence electrons. The zero-order chi connectivity index (χ0) is 77.7. The summed E-state index contributed by atoms with van der Waals surface area (Å²) in [7, 11) is 0. The van der Waals surface area contributed by atoms with Gasteiger partial charge in [0, 0.05) is 67.5 Å². The van der Waals surface area contributed by atoms with Crippen molar-refractivity contribution < 1.29 is 98.5 Å². The molecular formula is C67H124N10O21. The number of rotatable bonds is 38. The maximum atomic E-state index is 11.1. The number of nitriles is 1. The van der Waals surface area contributed by atoms with Crippen LogP contribution in [0.2, 0.25) is 0 Å². The van der Waals surface area contributed by atoms with E-state index < -0.39 is 76.3 Å². The molecule has 0 aromatic rings. The molecule has 2 rings (SSSR count). The monoisotopic (exact) mass is 1400 g/mol. The van der Waals surface area contributed by atoms with Gasteiger partial charge in [0.1, 0.15) is 5.92 Å². The van der Waals surface area contributed by atoms with Crippen LogP contribution in [0.4, 0.5) is 0 Å². The van der Waals surface area contributed by atoms with Crippen molar-refractivity contribution >= 4 is 65.5 Å². The highest BCUT2D eigenvalue weighted by Crippen LogP contribution is 2.26. The van der Waals surface area contributed by atoms with Crippen LogP contribution in [0, 0.1) is 128 Å². The number of nitrogens with one attached hydrogen (secondary N) is 2. The third-order valence-electron chi connectivity index (χ3n) is 14.3. The van der Waals surface area contributed by atoms with Gasteiger partial charge in [0.2, 0.25) is 24.3 Å². The number of nitrogens with two attached hydrogens (primary N) is 3. The second-order valence-corrected chi connectivity index (χ2v) is 28.5. The average molecular weight is 1410 g/mol. The number of carbonyl (C=O) groups is 11. The van der Waals surface area contributed by atoms with Crippen LogP contribution in [0.5, 0.6) is 0 Å². The van der Waals surface area contributed by atoms with Gasteiger partial charge in [-0.1, -0.05) is 116 Å². The van der Waals surface area contributed by atoms with Crippen molar-refractivity contribution in [3.63, 3.8) is 0 Å². The Morgan fingerprint density at radius 3 is 1.29 bits per heavy atom. The Hall–Kier alpha value is -7.71. The number of hydrogen-bond donors (Lipinski definition) is 13. The van der Waals surface area contributed by atoms with Gasteiger partial charge in [0.05, 0.1) is 24.8 Å². The minimum Gasteiger partial charge on any atom is -0.481 e. The van der Waals surface area contributed by atoms with Crippen molar-refractivity contribution in [1.82, 2.24) is 10.6 Å². The van der Waals surface area contributed by atoms with Crippen LogP contribution in [0.15, 0.2) is 5.11 Å². The number of primary amides is 1. The number of hydrogen-bond acceptors (Lipinski definition) is 17. The molecule has 2 aliphatic heterocycles. The van der Waals surface area contributed by atoms with E-state index in [4.69, 9.17) is 68.8 Å². The highest BCUT2D eigenvalue weighted by atomic mass is 16.6. The van der Waals surface area contributed by atoms with E-state index in [-0.39, 0.29) is 111 Å². The van der Waals surface area contributed by atoms with Gasteiger partial charge >= 0.3 is 47.8 Å². The molecule has 9 atom stereocenters. The molecule has 0 radical (unpaired) electrons. The fourth-order valence-corrected chi connectivity index (χ4v) is 11.0. The zero-order valence-electron chi connectivity index (χ0n) is 61.1. The summed E-state index contributed by atoms with van der Waals surface area (Å²) in [4.78, 5) is 129. The number of nitro groups is 1. The molecule has 0 saturated carbocycles. The van der Waals surface area contributed by atoms with Crippen molar-refractivity contribution in [2.75, 3.05) is 39.3 Å². The Kier molecular flexibility index (Phi) is 61.4. The first-order valence-electron chi connectivity index (χ1n) is 33.6. The minimum atomic E-state index is -1.39. The minimum absolute atomic E-state index is 0.0289. The zero-order valence-corrected chi connectivity index (χ0v) is 61.1. The van der Waals surface area contributed by atoms with Crippen LogP contribution in [-0.4, -0.2) is 151 Å². The van der Waals surface area contributed by atoms with Crippen molar-refractivity contribution in [3.05, 3.63) is 20.6 Å². The molecular weight excluding hydrogens is 1280 g/mol. The molecule has 0 bridgehead atoms. The van der Waals surface area contributed by atoms with E-state index in [1.165, 1.54) is 6.42 Å². The van der Waals surface area contributed by atoms with Crippen molar-refractivity contribution in [1.29, 1.82) is 5.26 Å². The molecule has 31 nitrogen and oxygen atoms in total. The molecule has 0 aliphatic carbocycles. The fraction of sp³-hybridized carbons (Fsp3) is 0.821. The molecule has 0 aromatic carbocycles. The number of carboxylic acids is 8. The van der Waals surface area contributed by atoms with Crippen LogP contribution in [-0.2, 0) is 52.7 Å². The van der Waals surface area contributed by atoms with Crippen LogP contribution in [0.3, 0.4) is 0 Å². The highest BCUT2D eigenvalue weighted by Gasteiger charge is 2.40. The van der Waals surface area contributed by atoms with Gasteiger partial charge in [0.25, 0.3) is 0 Å². The first-order chi connectivity index (χ1) is 45.1. The van der Waals surface area contributed by atoms with Crippen LogP contribution in [0.25, 0.3) is 10.4 Å². The Bertz CT molecular complexity index is 2290. The van der Waals surface area contributed by atoms with E-state index in [0.29, 0.717) is 73.8 Å². The molecule has 16 N–H and O–H groups in total. The molecule has 2 aliphatic rings. The summed E-state index contributed by atoms with van der Waals surface area (Å²) >= 11 is 0. The average Bonchev–Trinajstić information content (AvgIpc) is 1.68. The number of carboxylic acid groups (broad SMARTS) is 8. The molecule has 0 spiro atoms. The van der Waals surface area contributed by atoms with E-state index in [1.54, 1.807) is 0 Å². The topological polar surface area (TPSA) is 567 Å². The van der Waals surface area contributed by atoms with E-state index >= 15 is 0 Å². The summed E-state index contributed by atoms with van der Waals surface area (Å²) in [6.07, 6.45) is 7.25. The van der Waals surface area contributed by atoms with Crippen LogP contribution < -0.4 is 27.8 Å². The van der Waals surface area contributed by atoms with Crippen molar-refractivity contribution in [2.45, 2.75) is 207 Å². The summed E-state index contributed by atoms with van der Waals surface area (Å²) in [6, 6.07) is 1.98. The lowest BCUT2D eigenvalue weighted by Gasteiger charge is -2.20. The van der Waals surface area contributed by atoms with Crippen molar-refractivity contribution in [2.24, 2.45) is 129 Å². The largest absolute Gasteiger partial charge is 0.481 e. The van der Waals surface area contributed by atoms with Crippen LogP contribution >= 0.6 is 0 Å². The Morgan fingerprint density at radius 2 is 0.959 bits per heavy atom. The van der Waals surface area contributed by atoms with Gasteiger partial charge in [-0.3, -0.25) is 62.9 Å². The van der Waals surface area contributed by atoms with Gasteiger partial charge in [-0.2, -0.15) is 5.26 Å². The molecule has 2 fully saturated rings. The lowest BCUT2D eigenvalue weighted by atomic mass is 9.85. The SMILES string of the molecule is CC(C)CC(C#N)CC(=O)O.CC(C)CC(CC(=O)O)C[N+](=O)[O-].CC(C)CC(CC(N)=O)CC(=O)O.CC(C)CC(CN)C(C(=O)O)C(=O)O.CC(C)CC(CN)CC(=O)O.CC(C)CC(CN=[N+]=[N-])CC(=O)O.CC(C)CC1CNC(=O)C1.CC(C)CC1CNC(=O)C1C(=O)O. The molecule has 2 saturated heterocycles. The van der Waals surface area contributed by atoms with Gasteiger partial charge in [-0.25, -0.2) is 0 Å². The third kappa shape index (κ3) is 66.9. The molecule has 3 amide bonds. The summed E-state index contributed by atoms with van der Waals surface area (Å²) in [5, 5.41) is 96.2. The number of carbonyl (C=O) groups excluding carboxylic acids is 3. The Balaban J connectivity index is -0.000000247. The number of amides is 3. The summed E-state index contributed by atoms with van der Waals surface area (Å²) in [6.45, 7) is 34.3. The van der Waals surface area contributed by atoms with Gasteiger partial charge in [-0.05, 0) is 153 Å². The number of azide groups is 1. The quantitative estimate of drug-likeness (QED) is 0.00683. The van der Waals surface area contributed by atoms with Gasteiger partial charge in [-0.15, -0.1) is 0 Å². The van der Waals surface area contributed by atoms with E-state index in [1.807, 2.05) is 89.2 Å². The second kappa shape index (κ2) is 59.4. The van der Waals surface area contributed by atoms with E-state index in [9.17, 15) is 62.9 Å².